The van der Waals surface area contributed by atoms with Gasteiger partial charge in [-0.2, -0.15) is 5.10 Å². The van der Waals surface area contributed by atoms with E-state index in [4.69, 9.17) is 23.2 Å². The van der Waals surface area contributed by atoms with Crippen LogP contribution in [0.15, 0.2) is 42.9 Å². The van der Waals surface area contributed by atoms with Crippen molar-refractivity contribution in [1.82, 2.24) is 34.4 Å². The zero-order valence-corrected chi connectivity index (χ0v) is 20.7. The lowest BCUT2D eigenvalue weighted by atomic mass is 10.2. The Kier molecular flexibility index (Phi) is 6.65. The number of aromatic nitrogens is 5. The summed E-state index contributed by atoms with van der Waals surface area (Å²) in [6.45, 7) is 10.6. The number of nitrogens with one attached hydrogen (secondary N) is 1. The van der Waals surface area contributed by atoms with Gasteiger partial charge in [-0.3, -0.25) is 4.90 Å². The average Bonchev–Trinajstić information content (AvgIpc) is 3.29. The number of halogens is 2. The van der Waals surface area contributed by atoms with Crippen molar-refractivity contribution in [2.45, 2.75) is 20.4 Å². The van der Waals surface area contributed by atoms with Gasteiger partial charge in [0.25, 0.3) is 0 Å². The molecule has 10 heteroatoms. The third-order valence-electron chi connectivity index (χ3n) is 6.24. The number of rotatable bonds is 6. The number of hydrogen-bond donors (Lipinski definition) is 1. The second-order valence-electron chi connectivity index (χ2n) is 8.40. The number of fused-ring (bicyclic) bond motifs is 1. The third kappa shape index (κ3) is 4.72. The monoisotopic (exact) mass is 496 g/mol. The minimum absolute atomic E-state index is 0.417. The lowest BCUT2D eigenvalue weighted by Gasteiger charge is -2.33. The Bertz CT molecular complexity index is 1300. The van der Waals surface area contributed by atoms with E-state index in [0.717, 1.165) is 56.0 Å². The van der Waals surface area contributed by atoms with Gasteiger partial charge in [0.2, 0.25) is 5.95 Å². The van der Waals surface area contributed by atoms with Crippen LogP contribution in [0.3, 0.4) is 0 Å². The number of hydrogen-bond acceptors (Lipinski definition) is 7. The van der Waals surface area contributed by atoms with Crippen LogP contribution in [0.25, 0.3) is 16.8 Å². The fourth-order valence-electron chi connectivity index (χ4n) is 4.19. The Morgan fingerprint density at radius 3 is 2.44 bits per heavy atom. The molecule has 0 radical (unpaired) electrons. The fraction of sp³-hybridized carbons (Fsp3) is 0.333. The Balaban J connectivity index is 1.31. The molecular formula is C24H26Cl2N8. The maximum Gasteiger partial charge on any atom is 0.228 e. The molecule has 0 atom stereocenters. The zero-order chi connectivity index (χ0) is 23.7. The van der Waals surface area contributed by atoms with Crippen molar-refractivity contribution >= 4 is 40.5 Å². The summed E-state index contributed by atoms with van der Waals surface area (Å²) >= 11 is 12.7. The van der Waals surface area contributed by atoms with E-state index >= 15 is 0 Å². The topological polar surface area (TPSA) is 74.5 Å². The minimum atomic E-state index is 0.417. The molecule has 1 aliphatic heterocycles. The van der Waals surface area contributed by atoms with Crippen molar-refractivity contribution in [1.29, 1.82) is 0 Å². The Morgan fingerprint density at radius 1 is 0.912 bits per heavy atom. The molecule has 0 aromatic carbocycles. The van der Waals surface area contributed by atoms with Gasteiger partial charge in [0, 0.05) is 44.5 Å². The van der Waals surface area contributed by atoms with E-state index in [1.54, 1.807) is 16.9 Å². The van der Waals surface area contributed by atoms with Crippen LogP contribution in [0.5, 0.6) is 0 Å². The summed E-state index contributed by atoms with van der Waals surface area (Å²) in [7, 11) is 0. The van der Waals surface area contributed by atoms with Crippen molar-refractivity contribution in [3.8, 4) is 11.3 Å². The molecule has 8 nitrogen and oxygen atoms in total. The first-order chi connectivity index (χ1) is 16.5. The summed E-state index contributed by atoms with van der Waals surface area (Å²) in [6.07, 6.45) is 5.23. The van der Waals surface area contributed by atoms with Gasteiger partial charge in [0.05, 0.1) is 39.3 Å². The molecule has 0 spiro atoms. The number of pyridine rings is 2. The van der Waals surface area contributed by atoms with E-state index in [-0.39, 0.29) is 0 Å². The van der Waals surface area contributed by atoms with E-state index in [2.05, 4.69) is 48.2 Å². The number of likely N-dealkylation sites (N-methyl/N-ethyl adjacent to an activating group) is 1. The molecule has 1 aliphatic rings. The van der Waals surface area contributed by atoms with Gasteiger partial charge in [-0.1, -0.05) is 36.2 Å². The van der Waals surface area contributed by atoms with Crippen LogP contribution in [-0.4, -0.2) is 67.1 Å². The smallest absolute Gasteiger partial charge is 0.228 e. The molecule has 0 saturated carbocycles. The Morgan fingerprint density at radius 2 is 1.71 bits per heavy atom. The van der Waals surface area contributed by atoms with Gasteiger partial charge in [-0.25, -0.2) is 19.5 Å². The molecule has 5 rings (SSSR count). The van der Waals surface area contributed by atoms with Crippen LogP contribution in [0.1, 0.15) is 18.2 Å². The van der Waals surface area contributed by atoms with Crippen LogP contribution in [0.2, 0.25) is 10.0 Å². The minimum Gasteiger partial charge on any atom is -0.309 e. The second-order valence-corrected chi connectivity index (χ2v) is 9.21. The molecule has 34 heavy (non-hydrogen) atoms. The molecule has 4 aromatic rings. The van der Waals surface area contributed by atoms with E-state index < -0.39 is 0 Å². The zero-order valence-electron chi connectivity index (χ0n) is 19.2. The first-order valence-electron chi connectivity index (χ1n) is 11.3. The first-order valence-corrected chi connectivity index (χ1v) is 12.1. The van der Waals surface area contributed by atoms with Gasteiger partial charge in [0.1, 0.15) is 5.82 Å². The Labute approximate surface area is 208 Å². The van der Waals surface area contributed by atoms with Gasteiger partial charge < -0.3 is 10.2 Å². The van der Waals surface area contributed by atoms with Crippen molar-refractivity contribution in [2.24, 2.45) is 0 Å². The molecule has 0 amide bonds. The highest BCUT2D eigenvalue weighted by Gasteiger charge is 2.17. The number of piperazine rings is 1. The molecule has 1 N–H and O–H groups in total. The third-order valence-corrected chi connectivity index (χ3v) is 6.92. The van der Waals surface area contributed by atoms with E-state index in [1.165, 1.54) is 5.56 Å². The molecule has 4 aromatic heterocycles. The summed E-state index contributed by atoms with van der Waals surface area (Å²) < 4.78 is 1.78. The Hall–Kier alpha value is -2.78. The maximum atomic E-state index is 6.45. The van der Waals surface area contributed by atoms with Gasteiger partial charge >= 0.3 is 0 Å². The standard InChI is InChI=1S/C24H26Cl2N8/c1-3-32-8-10-33(11-9-32)15-17-4-7-22(27-12-17)30-24-28-14-20(26)23(31-24)18-13-29-34-16(2)19(25)5-6-21(18)34/h4-7,12-14H,3,8-11,15H2,1-2H3,(H,27,28,30,31). The highest BCUT2D eigenvalue weighted by atomic mass is 35.5. The number of aryl methyl sites for hydroxylation is 1. The number of nitrogens with zero attached hydrogens (tertiary/aromatic N) is 7. The van der Waals surface area contributed by atoms with Crippen molar-refractivity contribution in [2.75, 3.05) is 38.0 Å². The van der Waals surface area contributed by atoms with Gasteiger partial charge in [0.15, 0.2) is 0 Å². The van der Waals surface area contributed by atoms with Crippen LogP contribution in [0, 0.1) is 6.92 Å². The molecule has 1 saturated heterocycles. The predicted molar refractivity (Wildman–Crippen MR) is 136 cm³/mol. The van der Waals surface area contributed by atoms with E-state index in [0.29, 0.717) is 27.5 Å². The predicted octanol–water partition coefficient (Wildman–Crippen LogP) is 4.68. The van der Waals surface area contributed by atoms with Crippen LogP contribution >= 0.6 is 23.2 Å². The van der Waals surface area contributed by atoms with Gasteiger partial charge in [-0.15, -0.1) is 0 Å². The molecule has 0 unspecified atom stereocenters. The summed E-state index contributed by atoms with van der Waals surface area (Å²) in [5.74, 6) is 1.09. The van der Waals surface area contributed by atoms with E-state index in [1.807, 2.05) is 31.3 Å². The number of anilines is 2. The average molecular weight is 497 g/mol. The van der Waals surface area contributed by atoms with Crippen molar-refractivity contribution < 1.29 is 0 Å². The summed E-state index contributed by atoms with van der Waals surface area (Å²) in [5.41, 5.74) is 4.31. The SMILES string of the molecule is CCN1CCN(Cc2ccc(Nc3ncc(Cl)c(-c4cnn5c(C)c(Cl)ccc45)n3)nc2)CC1. The normalized spacial score (nSPS) is 15.2. The first kappa shape index (κ1) is 23.0. The molecule has 0 aliphatic carbocycles. The quantitative estimate of drug-likeness (QED) is 0.415. The summed E-state index contributed by atoms with van der Waals surface area (Å²) in [4.78, 5) is 18.5. The highest BCUT2D eigenvalue weighted by molar-refractivity contribution is 6.33. The van der Waals surface area contributed by atoms with Crippen LogP contribution in [0.4, 0.5) is 11.8 Å². The lowest BCUT2D eigenvalue weighted by Crippen LogP contribution is -2.45. The van der Waals surface area contributed by atoms with Crippen molar-refractivity contribution in [3.05, 3.63) is 64.2 Å². The van der Waals surface area contributed by atoms with E-state index in [9.17, 15) is 0 Å². The molecule has 1 fully saturated rings. The molecule has 0 bridgehead atoms. The van der Waals surface area contributed by atoms with Crippen molar-refractivity contribution in [3.63, 3.8) is 0 Å². The fourth-order valence-corrected chi connectivity index (χ4v) is 4.52. The largest absolute Gasteiger partial charge is 0.309 e. The highest BCUT2D eigenvalue weighted by Crippen LogP contribution is 2.31. The summed E-state index contributed by atoms with van der Waals surface area (Å²) in [5, 5.41) is 8.73. The lowest BCUT2D eigenvalue weighted by molar-refractivity contribution is 0.132. The van der Waals surface area contributed by atoms with Crippen LogP contribution < -0.4 is 5.32 Å². The maximum absolute atomic E-state index is 6.45. The molecule has 5 heterocycles. The second kappa shape index (κ2) is 9.84. The van der Waals surface area contributed by atoms with Gasteiger partial charge in [-0.05, 0) is 37.2 Å². The molecule has 176 valence electrons. The summed E-state index contributed by atoms with van der Waals surface area (Å²) in [6, 6.07) is 7.80. The van der Waals surface area contributed by atoms with Crippen LogP contribution in [-0.2, 0) is 6.54 Å². The molecular weight excluding hydrogens is 471 g/mol.